The van der Waals surface area contributed by atoms with E-state index < -0.39 is 6.04 Å². The number of amides is 1. The number of methoxy groups -OCH3 is 1. The van der Waals surface area contributed by atoms with Gasteiger partial charge in [0.05, 0.1) is 7.11 Å². The predicted molar refractivity (Wildman–Crippen MR) is 80.4 cm³/mol. The van der Waals surface area contributed by atoms with Gasteiger partial charge in [-0.3, -0.25) is 4.79 Å². The highest BCUT2D eigenvalue weighted by Crippen LogP contribution is 2.45. The van der Waals surface area contributed by atoms with Crippen molar-refractivity contribution in [3.05, 3.63) is 0 Å². The maximum Gasteiger partial charge on any atom is 0.328 e. The third-order valence-corrected chi connectivity index (χ3v) is 5.81. The minimum Gasteiger partial charge on any atom is -0.467 e. The monoisotopic (exact) mass is 296 g/mol. The molecule has 21 heavy (non-hydrogen) atoms. The molecule has 0 aromatic carbocycles. The molecule has 1 saturated heterocycles. The number of nitrogens with zero attached hydrogens (tertiary/aromatic N) is 1. The molecule has 4 unspecified atom stereocenters. The van der Waals surface area contributed by atoms with E-state index in [9.17, 15) is 9.59 Å². The van der Waals surface area contributed by atoms with Crippen LogP contribution in [-0.2, 0) is 14.3 Å². The van der Waals surface area contributed by atoms with Crippen LogP contribution < -0.4 is 5.73 Å². The van der Waals surface area contributed by atoms with E-state index in [0.29, 0.717) is 18.9 Å². The molecule has 1 saturated carbocycles. The van der Waals surface area contributed by atoms with Crippen molar-refractivity contribution in [1.29, 1.82) is 0 Å². The molecule has 2 fully saturated rings. The second kappa shape index (κ2) is 5.95. The summed E-state index contributed by atoms with van der Waals surface area (Å²) < 4.78 is 4.84. The van der Waals surface area contributed by atoms with Crippen LogP contribution in [0.5, 0.6) is 0 Å². The lowest BCUT2D eigenvalue weighted by Gasteiger charge is -2.47. The highest BCUT2D eigenvalue weighted by Gasteiger charge is 2.48. The molecule has 5 heteroatoms. The van der Waals surface area contributed by atoms with Crippen molar-refractivity contribution in [1.82, 2.24) is 4.90 Å². The summed E-state index contributed by atoms with van der Waals surface area (Å²) in [6, 6.07) is -0.247. The number of hydrogen-bond donors (Lipinski definition) is 1. The molecule has 1 amide bonds. The smallest absolute Gasteiger partial charge is 0.328 e. The third kappa shape index (κ3) is 2.80. The van der Waals surface area contributed by atoms with Gasteiger partial charge in [0, 0.05) is 18.5 Å². The van der Waals surface area contributed by atoms with Crippen LogP contribution in [-0.4, -0.2) is 42.5 Å². The summed E-state index contributed by atoms with van der Waals surface area (Å²) in [6.45, 7) is 7.04. The summed E-state index contributed by atoms with van der Waals surface area (Å²) in [5.74, 6) is 0.0443. The van der Waals surface area contributed by atoms with Gasteiger partial charge in [-0.15, -0.1) is 0 Å². The fourth-order valence-corrected chi connectivity index (χ4v) is 3.90. The first-order valence-electron chi connectivity index (χ1n) is 7.94. The summed E-state index contributed by atoms with van der Waals surface area (Å²) in [6.07, 6.45) is 3.26. The zero-order chi connectivity index (χ0) is 15.8. The van der Waals surface area contributed by atoms with E-state index >= 15 is 0 Å². The number of rotatable bonds is 2. The van der Waals surface area contributed by atoms with Crippen molar-refractivity contribution >= 4 is 11.9 Å². The standard InChI is InChI=1S/C16H28N2O3/c1-10-12(17)8-7-11(16(10,2)3)14(19)18-9-5-6-13(18)15(20)21-4/h10-13H,5-9,17H2,1-4H3. The van der Waals surface area contributed by atoms with Crippen molar-refractivity contribution in [3.63, 3.8) is 0 Å². The van der Waals surface area contributed by atoms with Gasteiger partial charge in [0.25, 0.3) is 0 Å². The Balaban J connectivity index is 2.17. The largest absolute Gasteiger partial charge is 0.467 e. The maximum absolute atomic E-state index is 13.0. The van der Waals surface area contributed by atoms with Crippen LogP contribution >= 0.6 is 0 Å². The quantitative estimate of drug-likeness (QED) is 0.785. The lowest BCUT2D eigenvalue weighted by molar-refractivity contribution is -0.155. The van der Waals surface area contributed by atoms with Gasteiger partial charge in [0.2, 0.25) is 5.91 Å². The normalized spacial score (nSPS) is 35.6. The van der Waals surface area contributed by atoms with Crippen LogP contribution in [0.1, 0.15) is 46.5 Å². The Labute approximate surface area is 127 Å². The van der Waals surface area contributed by atoms with Crippen molar-refractivity contribution in [3.8, 4) is 0 Å². The van der Waals surface area contributed by atoms with Gasteiger partial charge < -0.3 is 15.4 Å². The van der Waals surface area contributed by atoms with Crippen LogP contribution in [0, 0.1) is 17.3 Å². The summed E-state index contributed by atoms with van der Waals surface area (Å²) in [5, 5.41) is 0. The molecule has 0 aromatic heterocycles. The minimum atomic E-state index is -0.399. The summed E-state index contributed by atoms with van der Waals surface area (Å²) >= 11 is 0. The van der Waals surface area contributed by atoms with Crippen molar-refractivity contribution < 1.29 is 14.3 Å². The summed E-state index contributed by atoms with van der Waals surface area (Å²) in [7, 11) is 1.38. The first kappa shape index (κ1) is 16.3. The van der Waals surface area contributed by atoms with E-state index in [0.717, 1.165) is 19.3 Å². The van der Waals surface area contributed by atoms with Gasteiger partial charge in [0.1, 0.15) is 6.04 Å². The van der Waals surface area contributed by atoms with E-state index in [2.05, 4.69) is 20.8 Å². The average Bonchev–Trinajstić information content (AvgIpc) is 2.93. The molecule has 0 spiro atoms. The molecule has 1 aliphatic heterocycles. The van der Waals surface area contributed by atoms with Crippen molar-refractivity contribution in [2.24, 2.45) is 23.0 Å². The van der Waals surface area contributed by atoms with Gasteiger partial charge in [-0.05, 0) is 37.0 Å². The summed E-state index contributed by atoms with van der Waals surface area (Å²) in [5.41, 5.74) is 6.03. The number of carbonyl (C=O) groups excluding carboxylic acids is 2. The molecule has 1 heterocycles. The molecule has 0 bridgehead atoms. The van der Waals surface area contributed by atoms with E-state index in [4.69, 9.17) is 10.5 Å². The van der Waals surface area contributed by atoms with Gasteiger partial charge in [-0.2, -0.15) is 0 Å². The second-order valence-electron chi connectivity index (χ2n) is 7.12. The number of nitrogens with two attached hydrogens (primary N) is 1. The molecule has 1 aliphatic carbocycles. The molecular formula is C16H28N2O3. The summed E-state index contributed by atoms with van der Waals surface area (Å²) in [4.78, 5) is 26.6. The maximum atomic E-state index is 13.0. The van der Waals surface area contributed by atoms with Crippen LogP contribution in [0.4, 0.5) is 0 Å². The SMILES string of the molecule is COC(=O)C1CCCN1C(=O)C1CCC(N)C(C)C1(C)C. The first-order chi connectivity index (χ1) is 9.80. The van der Waals surface area contributed by atoms with Gasteiger partial charge in [0.15, 0.2) is 0 Å². The molecule has 2 aliphatic rings. The van der Waals surface area contributed by atoms with Crippen molar-refractivity contribution in [2.75, 3.05) is 13.7 Å². The van der Waals surface area contributed by atoms with Crippen LogP contribution in [0.15, 0.2) is 0 Å². The highest BCUT2D eigenvalue weighted by molar-refractivity contribution is 5.87. The Morgan fingerprint density at radius 3 is 2.52 bits per heavy atom. The number of carbonyl (C=O) groups is 2. The Morgan fingerprint density at radius 2 is 1.90 bits per heavy atom. The zero-order valence-corrected chi connectivity index (χ0v) is 13.6. The predicted octanol–water partition coefficient (Wildman–Crippen LogP) is 1.55. The van der Waals surface area contributed by atoms with Crippen LogP contribution in [0.2, 0.25) is 0 Å². The zero-order valence-electron chi connectivity index (χ0n) is 13.6. The van der Waals surface area contributed by atoms with E-state index in [1.807, 2.05) is 0 Å². The Morgan fingerprint density at radius 1 is 1.24 bits per heavy atom. The fourth-order valence-electron chi connectivity index (χ4n) is 3.90. The van der Waals surface area contributed by atoms with Gasteiger partial charge in [-0.1, -0.05) is 20.8 Å². The number of likely N-dealkylation sites (tertiary alicyclic amines) is 1. The average molecular weight is 296 g/mol. The Bertz CT molecular complexity index is 422. The number of esters is 1. The van der Waals surface area contributed by atoms with E-state index in [-0.39, 0.29) is 29.3 Å². The Kier molecular flexibility index (Phi) is 4.61. The number of ether oxygens (including phenoxy) is 1. The highest BCUT2D eigenvalue weighted by atomic mass is 16.5. The molecule has 0 radical (unpaired) electrons. The molecule has 2 rings (SSSR count). The topological polar surface area (TPSA) is 72.6 Å². The third-order valence-electron chi connectivity index (χ3n) is 5.81. The second-order valence-corrected chi connectivity index (χ2v) is 7.12. The van der Waals surface area contributed by atoms with Crippen LogP contribution in [0.25, 0.3) is 0 Å². The lowest BCUT2D eigenvalue weighted by Crippen LogP contribution is -2.54. The first-order valence-corrected chi connectivity index (χ1v) is 7.94. The fraction of sp³-hybridized carbons (Fsp3) is 0.875. The molecule has 2 N–H and O–H groups in total. The van der Waals surface area contributed by atoms with Crippen LogP contribution in [0.3, 0.4) is 0 Å². The van der Waals surface area contributed by atoms with Gasteiger partial charge in [-0.25, -0.2) is 4.79 Å². The Hall–Kier alpha value is -1.10. The molecule has 5 nitrogen and oxygen atoms in total. The van der Waals surface area contributed by atoms with Crippen molar-refractivity contribution in [2.45, 2.75) is 58.5 Å². The van der Waals surface area contributed by atoms with E-state index in [1.165, 1.54) is 7.11 Å². The molecule has 120 valence electrons. The molecule has 0 aromatic rings. The lowest BCUT2D eigenvalue weighted by atomic mass is 9.60. The molecule has 4 atom stereocenters. The molecular weight excluding hydrogens is 268 g/mol. The van der Waals surface area contributed by atoms with E-state index in [1.54, 1.807) is 4.90 Å². The minimum absolute atomic E-state index is 0.0578. The van der Waals surface area contributed by atoms with Gasteiger partial charge >= 0.3 is 5.97 Å². The number of hydrogen-bond acceptors (Lipinski definition) is 4.